The zero-order valence-corrected chi connectivity index (χ0v) is 16.1. The quantitative estimate of drug-likeness (QED) is 0.762. The van der Waals surface area contributed by atoms with Gasteiger partial charge in [0, 0.05) is 37.4 Å². The fraction of sp³-hybridized carbons (Fsp3) is 0.500. The van der Waals surface area contributed by atoms with Crippen LogP contribution in [0.15, 0.2) is 36.5 Å². The number of ether oxygens (including phenoxy) is 1. The van der Waals surface area contributed by atoms with E-state index in [2.05, 4.69) is 10.00 Å². The predicted octanol–water partition coefficient (Wildman–Crippen LogP) is 3.13. The molecule has 0 spiro atoms. The van der Waals surface area contributed by atoms with Gasteiger partial charge in [-0.1, -0.05) is 17.7 Å². The van der Waals surface area contributed by atoms with Crippen LogP contribution < -0.4 is 4.74 Å². The van der Waals surface area contributed by atoms with Gasteiger partial charge >= 0.3 is 0 Å². The second-order valence-corrected chi connectivity index (χ2v) is 7.80. The lowest BCUT2D eigenvalue weighted by atomic mass is 10.3. The Bertz CT molecular complexity index is 790. The van der Waals surface area contributed by atoms with Crippen molar-refractivity contribution in [1.82, 2.24) is 19.6 Å². The number of carbonyl (C=O) groups is 1. The van der Waals surface area contributed by atoms with Gasteiger partial charge in [-0.15, -0.1) is 0 Å². The number of rotatable bonds is 6. The van der Waals surface area contributed by atoms with Gasteiger partial charge in [0.1, 0.15) is 5.75 Å². The molecule has 1 saturated heterocycles. The van der Waals surface area contributed by atoms with Crippen LogP contribution in [-0.4, -0.2) is 58.2 Å². The molecule has 2 aromatic rings. The summed E-state index contributed by atoms with van der Waals surface area (Å²) in [6, 6.07) is 8.98. The molecule has 1 saturated carbocycles. The standard InChI is InChI=1S/C20H25ClN4O2/c21-17-3-1-4-18(13-17)27-15-25-10-7-19(22-25)20(26)24-9-2-8-23(11-12-24)14-16-5-6-16/h1,3-4,7,10,13,16H,2,5-6,8-9,11-12,14-15H2. The maximum Gasteiger partial charge on any atom is 0.274 e. The largest absolute Gasteiger partial charge is 0.471 e. The highest BCUT2D eigenvalue weighted by Gasteiger charge is 2.27. The highest BCUT2D eigenvalue weighted by Crippen LogP contribution is 2.30. The van der Waals surface area contributed by atoms with Gasteiger partial charge in [0.05, 0.1) is 0 Å². The van der Waals surface area contributed by atoms with E-state index in [0.717, 1.165) is 38.5 Å². The van der Waals surface area contributed by atoms with Gasteiger partial charge in [-0.2, -0.15) is 5.10 Å². The third kappa shape index (κ3) is 5.02. The van der Waals surface area contributed by atoms with Crippen LogP contribution in [0.4, 0.5) is 0 Å². The fourth-order valence-corrected chi connectivity index (χ4v) is 3.61. The lowest BCUT2D eigenvalue weighted by Gasteiger charge is -2.21. The highest BCUT2D eigenvalue weighted by molar-refractivity contribution is 6.30. The first kappa shape index (κ1) is 18.3. The number of hydrogen-bond acceptors (Lipinski definition) is 4. The van der Waals surface area contributed by atoms with E-state index < -0.39 is 0 Å². The SMILES string of the molecule is O=C(c1ccn(COc2cccc(Cl)c2)n1)N1CCCN(CC2CC2)CC1. The van der Waals surface area contributed by atoms with E-state index in [1.807, 2.05) is 17.0 Å². The number of aromatic nitrogens is 2. The lowest BCUT2D eigenvalue weighted by molar-refractivity contribution is 0.0753. The van der Waals surface area contributed by atoms with Crippen molar-refractivity contribution in [2.24, 2.45) is 5.92 Å². The molecule has 7 heteroatoms. The van der Waals surface area contributed by atoms with Gasteiger partial charge in [0.25, 0.3) is 5.91 Å². The van der Waals surface area contributed by atoms with Crippen molar-refractivity contribution >= 4 is 17.5 Å². The van der Waals surface area contributed by atoms with Crippen LogP contribution in [0.1, 0.15) is 29.8 Å². The Labute approximate surface area is 164 Å². The van der Waals surface area contributed by atoms with Crippen molar-refractivity contribution in [1.29, 1.82) is 0 Å². The summed E-state index contributed by atoms with van der Waals surface area (Å²) in [7, 11) is 0. The number of carbonyl (C=O) groups excluding carboxylic acids is 1. The van der Waals surface area contributed by atoms with Gasteiger partial charge in [-0.3, -0.25) is 4.79 Å². The van der Waals surface area contributed by atoms with Crippen LogP contribution in [-0.2, 0) is 6.73 Å². The first-order chi connectivity index (χ1) is 13.2. The van der Waals surface area contributed by atoms with Gasteiger partial charge in [-0.25, -0.2) is 4.68 Å². The van der Waals surface area contributed by atoms with Gasteiger partial charge in [0.2, 0.25) is 0 Å². The molecular formula is C20H25ClN4O2. The highest BCUT2D eigenvalue weighted by atomic mass is 35.5. The van der Waals surface area contributed by atoms with Crippen LogP contribution in [0.3, 0.4) is 0 Å². The number of amides is 1. The molecule has 0 atom stereocenters. The molecule has 2 heterocycles. The summed E-state index contributed by atoms with van der Waals surface area (Å²) in [5.41, 5.74) is 0.473. The first-order valence-corrected chi connectivity index (χ1v) is 9.98. The third-order valence-corrected chi connectivity index (χ3v) is 5.34. The predicted molar refractivity (Wildman–Crippen MR) is 104 cm³/mol. The van der Waals surface area contributed by atoms with E-state index in [9.17, 15) is 4.79 Å². The Morgan fingerprint density at radius 3 is 2.89 bits per heavy atom. The van der Waals surface area contributed by atoms with Gasteiger partial charge < -0.3 is 14.5 Å². The Balaban J connectivity index is 1.31. The second kappa shape index (κ2) is 8.31. The minimum absolute atomic E-state index is 0.00442. The topological polar surface area (TPSA) is 50.6 Å². The first-order valence-electron chi connectivity index (χ1n) is 9.61. The second-order valence-electron chi connectivity index (χ2n) is 7.36. The van der Waals surface area contributed by atoms with E-state index in [1.165, 1.54) is 19.4 Å². The number of nitrogens with zero attached hydrogens (tertiary/aromatic N) is 4. The zero-order chi connectivity index (χ0) is 18.6. The summed E-state index contributed by atoms with van der Waals surface area (Å²) in [6.07, 6.45) is 5.54. The molecule has 0 unspecified atom stereocenters. The van der Waals surface area contributed by atoms with Crippen LogP contribution in [0.2, 0.25) is 5.02 Å². The summed E-state index contributed by atoms with van der Waals surface area (Å²) >= 11 is 5.96. The molecule has 4 rings (SSSR count). The third-order valence-electron chi connectivity index (χ3n) is 5.11. The number of hydrogen-bond donors (Lipinski definition) is 0. The Hall–Kier alpha value is -2.05. The Morgan fingerprint density at radius 1 is 1.19 bits per heavy atom. The van der Waals surface area contributed by atoms with E-state index in [0.29, 0.717) is 16.5 Å². The van der Waals surface area contributed by atoms with Crippen molar-refractivity contribution < 1.29 is 9.53 Å². The maximum atomic E-state index is 12.8. The van der Waals surface area contributed by atoms with E-state index in [1.54, 1.807) is 29.1 Å². The monoisotopic (exact) mass is 388 g/mol. The maximum absolute atomic E-state index is 12.8. The lowest BCUT2D eigenvalue weighted by Crippen LogP contribution is -2.36. The molecule has 27 heavy (non-hydrogen) atoms. The van der Waals surface area contributed by atoms with Crippen molar-refractivity contribution in [3.8, 4) is 5.75 Å². The molecule has 1 aromatic carbocycles. The average Bonchev–Trinajstić information content (AvgIpc) is 3.41. The molecule has 1 amide bonds. The van der Waals surface area contributed by atoms with Crippen LogP contribution in [0.5, 0.6) is 5.75 Å². The summed E-state index contributed by atoms with van der Waals surface area (Å²) in [6.45, 7) is 5.05. The minimum atomic E-state index is 0.00442. The van der Waals surface area contributed by atoms with E-state index in [4.69, 9.17) is 16.3 Å². The molecule has 1 aromatic heterocycles. The molecule has 2 fully saturated rings. The van der Waals surface area contributed by atoms with Crippen molar-refractivity contribution in [2.75, 3.05) is 32.7 Å². The molecule has 0 radical (unpaired) electrons. The van der Waals surface area contributed by atoms with Gasteiger partial charge in [0.15, 0.2) is 12.4 Å². The molecule has 1 aliphatic heterocycles. The van der Waals surface area contributed by atoms with E-state index >= 15 is 0 Å². The number of benzene rings is 1. The number of halogens is 1. The summed E-state index contributed by atoms with van der Waals surface area (Å²) in [5, 5.41) is 5.01. The smallest absolute Gasteiger partial charge is 0.274 e. The molecule has 144 valence electrons. The molecule has 1 aliphatic carbocycles. The molecule has 6 nitrogen and oxygen atoms in total. The minimum Gasteiger partial charge on any atom is -0.471 e. The fourth-order valence-electron chi connectivity index (χ4n) is 3.43. The van der Waals surface area contributed by atoms with Crippen LogP contribution >= 0.6 is 11.6 Å². The average molecular weight is 389 g/mol. The van der Waals surface area contributed by atoms with Crippen molar-refractivity contribution in [3.05, 3.63) is 47.2 Å². The molecule has 0 N–H and O–H groups in total. The normalized spacial score (nSPS) is 18.3. The summed E-state index contributed by atoms with van der Waals surface area (Å²) in [5.74, 6) is 1.57. The van der Waals surface area contributed by atoms with Crippen molar-refractivity contribution in [2.45, 2.75) is 26.0 Å². The van der Waals surface area contributed by atoms with Crippen molar-refractivity contribution in [3.63, 3.8) is 0 Å². The molecule has 2 aliphatic rings. The zero-order valence-electron chi connectivity index (χ0n) is 15.4. The summed E-state index contributed by atoms with van der Waals surface area (Å²) in [4.78, 5) is 17.2. The summed E-state index contributed by atoms with van der Waals surface area (Å²) < 4.78 is 7.30. The molecular weight excluding hydrogens is 364 g/mol. The Kier molecular flexibility index (Phi) is 5.64. The van der Waals surface area contributed by atoms with E-state index in [-0.39, 0.29) is 12.6 Å². The molecule has 0 bridgehead atoms. The van der Waals surface area contributed by atoms with Gasteiger partial charge in [-0.05, 0) is 56.0 Å². The van der Waals surface area contributed by atoms with Crippen LogP contribution in [0, 0.1) is 5.92 Å². The Morgan fingerprint density at radius 2 is 2.07 bits per heavy atom. The van der Waals surface area contributed by atoms with Crippen LogP contribution in [0.25, 0.3) is 0 Å².